The highest BCUT2D eigenvalue weighted by molar-refractivity contribution is 9.10. The smallest absolute Gasteiger partial charge is 0.273 e. The van der Waals surface area contributed by atoms with Crippen molar-refractivity contribution in [3.63, 3.8) is 0 Å². The summed E-state index contributed by atoms with van der Waals surface area (Å²) in [7, 11) is 1.63. The molecule has 0 aliphatic carbocycles. The van der Waals surface area contributed by atoms with Crippen molar-refractivity contribution in [2.24, 2.45) is 0 Å². The van der Waals surface area contributed by atoms with Crippen LogP contribution < -0.4 is 5.32 Å². The Morgan fingerprint density at radius 2 is 2.15 bits per heavy atom. The third kappa shape index (κ3) is 3.88. The molecule has 0 saturated heterocycles. The number of rotatable bonds is 6. The second-order valence-electron chi connectivity index (χ2n) is 4.13. The molecule has 106 valence electrons. The minimum Gasteiger partial charge on any atom is -0.385 e. The lowest BCUT2D eigenvalue weighted by Crippen LogP contribution is -2.25. The maximum atomic E-state index is 11.8. The minimum absolute atomic E-state index is 0.232. The van der Waals surface area contributed by atoms with E-state index in [4.69, 9.17) is 4.74 Å². The van der Waals surface area contributed by atoms with E-state index >= 15 is 0 Å². The number of nitrogens with one attached hydrogen (secondary N) is 1. The lowest BCUT2D eigenvalue weighted by Gasteiger charge is -2.01. The van der Waals surface area contributed by atoms with Crippen LogP contribution >= 0.6 is 15.9 Å². The molecule has 1 heterocycles. The standard InChI is InChI=1S/C13H15BrN4O2/c1-20-8-2-7-15-13(19)12-9-18(17-16-12)11-5-3-10(14)4-6-11/h3-6,9H,2,7-8H2,1H3,(H,15,19). The van der Waals surface area contributed by atoms with Gasteiger partial charge < -0.3 is 10.1 Å². The van der Waals surface area contributed by atoms with Crippen molar-refractivity contribution in [1.29, 1.82) is 0 Å². The molecular weight excluding hydrogens is 324 g/mol. The molecule has 1 N–H and O–H groups in total. The van der Waals surface area contributed by atoms with Gasteiger partial charge in [0.25, 0.3) is 5.91 Å². The summed E-state index contributed by atoms with van der Waals surface area (Å²) in [5.74, 6) is -0.232. The molecule has 0 saturated carbocycles. The molecule has 0 aliphatic heterocycles. The summed E-state index contributed by atoms with van der Waals surface area (Å²) >= 11 is 3.37. The minimum atomic E-state index is -0.232. The number of carbonyl (C=O) groups is 1. The normalized spacial score (nSPS) is 10.5. The highest BCUT2D eigenvalue weighted by atomic mass is 79.9. The predicted octanol–water partition coefficient (Wildman–Crippen LogP) is 1.80. The van der Waals surface area contributed by atoms with Crippen molar-refractivity contribution in [1.82, 2.24) is 20.3 Å². The first-order chi connectivity index (χ1) is 9.70. The van der Waals surface area contributed by atoms with Gasteiger partial charge in [0.1, 0.15) is 0 Å². The van der Waals surface area contributed by atoms with Gasteiger partial charge in [-0.1, -0.05) is 21.1 Å². The number of hydrogen-bond acceptors (Lipinski definition) is 4. The van der Waals surface area contributed by atoms with Gasteiger partial charge in [-0.15, -0.1) is 5.10 Å². The Hall–Kier alpha value is -1.73. The quantitative estimate of drug-likeness (QED) is 0.815. The van der Waals surface area contributed by atoms with Crippen molar-refractivity contribution in [3.8, 4) is 5.69 Å². The van der Waals surface area contributed by atoms with Crippen LogP contribution in [0, 0.1) is 0 Å². The molecule has 0 bridgehead atoms. The van der Waals surface area contributed by atoms with Gasteiger partial charge in [0.15, 0.2) is 5.69 Å². The maximum Gasteiger partial charge on any atom is 0.273 e. The number of hydrogen-bond donors (Lipinski definition) is 1. The average Bonchev–Trinajstić information content (AvgIpc) is 2.94. The lowest BCUT2D eigenvalue weighted by molar-refractivity contribution is 0.0943. The molecule has 7 heteroatoms. The maximum absolute atomic E-state index is 11.8. The largest absolute Gasteiger partial charge is 0.385 e. The molecule has 0 unspecified atom stereocenters. The first kappa shape index (κ1) is 14.7. The van der Waals surface area contributed by atoms with Crippen molar-refractivity contribution >= 4 is 21.8 Å². The molecule has 6 nitrogen and oxygen atoms in total. The van der Waals surface area contributed by atoms with Crippen molar-refractivity contribution < 1.29 is 9.53 Å². The number of nitrogens with zero attached hydrogens (tertiary/aromatic N) is 3. The van der Waals surface area contributed by atoms with E-state index in [2.05, 4.69) is 31.6 Å². The molecular formula is C13H15BrN4O2. The lowest BCUT2D eigenvalue weighted by atomic mass is 10.3. The molecule has 0 radical (unpaired) electrons. The van der Waals surface area contributed by atoms with Gasteiger partial charge in [0.2, 0.25) is 0 Å². The number of benzene rings is 1. The Balaban J connectivity index is 1.98. The van der Waals surface area contributed by atoms with Crippen LogP contribution in [0.1, 0.15) is 16.9 Å². The van der Waals surface area contributed by atoms with Gasteiger partial charge in [0.05, 0.1) is 11.9 Å². The van der Waals surface area contributed by atoms with Crippen molar-refractivity contribution in [2.75, 3.05) is 20.3 Å². The summed E-state index contributed by atoms with van der Waals surface area (Å²) in [5, 5.41) is 10.6. The fourth-order valence-electron chi connectivity index (χ4n) is 1.60. The van der Waals surface area contributed by atoms with Gasteiger partial charge in [-0.05, 0) is 30.7 Å². The topological polar surface area (TPSA) is 69.0 Å². The molecule has 0 spiro atoms. The number of ether oxygens (including phenoxy) is 1. The highest BCUT2D eigenvalue weighted by Gasteiger charge is 2.10. The molecule has 0 atom stereocenters. The average molecular weight is 339 g/mol. The molecule has 2 aromatic rings. The Kier molecular flexibility index (Phi) is 5.25. The third-order valence-electron chi connectivity index (χ3n) is 2.63. The Labute approximate surface area is 125 Å². The summed E-state index contributed by atoms with van der Waals surface area (Å²) in [6, 6.07) is 7.58. The van der Waals surface area contributed by atoms with Gasteiger partial charge >= 0.3 is 0 Å². The van der Waals surface area contributed by atoms with Crippen LogP contribution in [0.25, 0.3) is 5.69 Å². The Morgan fingerprint density at radius 1 is 1.40 bits per heavy atom. The molecule has 1 aromatic carbocycles. The van der Waals surface area contributed by atoms with Crippen LogP contribution in [0.2, 0.25) is 0 Å². The molecule has 2 rings (SSSR count). The summed E-state index contributed by atoms with van der Waals surface area (Å²) in [5.41, 5.74) is 1.14. The van der Waals surface area contributed by atoms with E-state index < -0.39 is 0 Å². The fourth-order valence-corrected chi connectivity index (χ4v) is 1.86. The van der Waals surface area contributed by atoms with Crippen LogP contribution in [-0.4, -0.2) is 41.2 Å². The SMILES string of the molecule is COCCCNC(=O)c1cn(-c2ccc(Br)cc2)nn1. The summed E-state index contributed by atoms with van der Waals surface area (Å²) in [6.07, 6.45) is 2.37. The number of methoxy groups -OCH3 is 1. The van der Waals surface area contributed by atoms with Crippen molar-refractivity contribution in [3.05, 3.63) is 40.6 Å². The Bertz CT molecular complexity index is 568. The molecule has 20 heavy (non-hydrogen) atoms. The predicted molar refractivity (Wildman–Crippen MR) is 77.9 cm³/mol. The zero-order valence-electron chi connectivity index (χ0n) is 11.0. The van der Waals surface area contributed by atoms with Crippen LogP contribution in [0.5, 0.6) is 0 Å². The van der Waals surface area contributed by atoms with Crippen LogP contribution in [0.3, 0.4) is 0 Å². The first-order valence-corrected chi connectivity index (χ1v) is 6.95. The zero-order chi connectivity index (χ0) is 14.4. The molecule has 0 aliphatic rings. The number of carbonyl (C=O) groups excluding carboxylic acids is 1. The molecule has 0 fully saturated rings. The summed E-state index contributed by atoms with van der Waals surface area (Å²) in [6.45, 7) is 1.17. The van der Waals surface area contributed by atoms with E-state index in [1.165, 1.54) is 0 Å². The van der Waals surface area contributed by atoms with E-state index in [1.807, 2.05) is 24.3 Å². The Morgan fingerprint density at radius 3 is 2.85 bits per heavy atom. The van der Waals surface area contributed by atoms with E-state index in [1.54, 1.807) is 18.0 Å². The zero-order valence-corrected chi connectivity index (χ0v) is 12.6. The third-order valence-corrected chi connectivity index (χ3v) is 3.16. The van der Waals surface area contributed by atoms with Gasteiger partial charge in [0, 0.05) is 24.7 Å². The second kappa shape index (κ2) is 7.16. The summed E-state index contributed by atoms with van der Waals surface area (Å²) in [4.78, 5) is 11.8. The van der Waals surface area contributed by atoms with Crippen LogP contribution in [-0.2, 0) is 4.74 Å². The molecule has 1 aromatic heterocycles. The van der Waals surface area contributed by atoms with Gasteiger partial charge in [-0.2, -0.15) is 0 Å². The van der Waals surface area contributed by atoms with Crippen LogP contribution in [0.15, 0.2) is 34.9 Å². The fraction of sp³-hybridized carbons (Fsp3) is 0.308. The van der Waals surface area contributed by atoms with Crippen molar-refractivity contribution in [2.45, 2.75) is 6.42 Å². The number of aromatic nitrogens is 3. The summed E-state index contributed by atoms with van der Waals surface area (Å²) < 4.78 is 7.46. The van der Waals surface area contributed by atoms with E-state index in [9.17, 15) is 4.79 Å². The molecule has 1 amide bonds. The van der Waals surface area contributed by atoms with Crippen LogP contribution in [0.4, 0.5) is 0 Å². The van der Waals surface area contributed by atoms with E-state index in [0.717, 1.165) is 16.6 Å². The van der Waals surface area contributed by atoms with Gasteiger partial charge in [-0.25, -0.2) is 4.68 Å². The van der Waals surface area contributed by atoms with E-state index in [0.29, 0.717) is 18.8 Å². The highest BCUT2D eigenvalue weighted by Crippen LogP contribution is 2.13. The number of amides is 1. The second-order valence-corrected chi connectivity index (χ2v) is 5.04. The van der Waals surface area contributed by atoms with Gasteiger partial charge in [-0.3, -0.25) is 4.79 Å². The number of halogens is 1. The monoisotopic (exact) mass is 338 g/mol. The van der Waals surface area contributed by atoms with E-state index in [-0.39, 0.29) is 5.91 Å². The first-order valence-electron chi connectivity index (χ1n) is 6.16.